The minimum absolute atomic E-state index is 0.344. The highest BCUT2D eigenvalue weighted by Crippen LogP contribution is 2.32. The summed E-state index contributed by atoms with van der Waals surface area (Å²) in [5, 5.41) is 0. The van der Waals surface area contributed by atoms with Crippen LogP contribution in [0.1, 0.15) is 39.0 Å². The molecule has 0 aromatic heterocycles. The van der Waals surface area contributed by atoms with Gasteiger partial charge in [0.05, 0.1) is 0 Å². The van der Waals surface area contributed by atoms with Crippen molar-refractivity contribution >= 4 is 5.78 Å². The Morgan fingerprint density at radius 2 is 2.12 bits per heavy atom. The van der Waals surface area contributed by atoms with Gasteiger partial charge >= 0.3 is 0 Å². The Bertz CT molecular complexity index is 245. The Morgan fingerprint density at radius 1 is 1.38 bits per heavy atom. The maximum absolute atomic E-state index is 11.2. The predicted octanol–water partition coefficient (Wildman–Crippen LogP) is 2.89. The number of carbonyl (C=O) groups is 1. The maximum atomic E-state index is 11.2. The molecular formula is C14H25NO. The monoisotopic (exact) mass is 223 g/mol. The van der Waals surface area contributed by atoms with E-state index in [0.29, 0.717) is 17.6 Å². The topological polar surface area (TPSA) is 20.3 Å². The molecule has 1 fully saturated rings. The summed E-state index contributed by atoms with van der Waals surface area (Å²) >= 11 is 0. The second-order valence-corrected chi connectivity index (χ2v) is 5.25. The number of nitrogens with zero attached hydrogens (tertiary/aromatic N) is 1. The summed E-state index contributed by atoms with van der Waals surface area (Å²) in [6.07, 6.45) is 10.4. The summed E-state index contributed by atoms with van der Waals surface area (Å²) in [5.74, 6) is 1.38. The van der Waals surface area contributed by atoms with Crippen LogP contribution in [-0.2, 0) is 4.79 Å². The van der Waals surface area contributed by atoms with E-state index in [9.17, 15) is 4.79 Å². The zero-order chi connectivity index (χ0) is 12.0. The van der Waals surface area contributed by atoms with Crippen LogP contribution in [-0.4, -0.2) is 31.3 Å². The summed E-state index contributed by atoms with van der Waals surface area (Å²) < 4.78 is 0. The van der Waals surface area contributed by atoms with E-state index in [1.54, 1.807) is 6.92 Å². The van der Waals surface area contributed by atoms with Crippen molar-refractivity contribution in [1.29, 1.82) is 0 Å². The molecule has 2 atom stereocenters. The van der Waals surface area contributed by atoms with E-state index in [-0.39, 0.29) is 0 Å². The van der Waals surface area contributed by atoms with Gasteiger partial charge in [0.1, 0.15) is 5.78 Å². The van der Waals surface area contributed by atoms with Gasteiger partial charge in [-0.1, -0.05) is 12.2 Å². The Balaban J connectivity index is 2.14. The van der Waals surface area contributed by atoms with Crippen LogP contribution in [0.25, 0.3) is 0 Å². The van der Waals surface area contributed by atoms with Crippen LogP contribution in [0.4, 0.5) is 0 Å². The van der Waals surface area contributed by atoms with E-state index in [1.807, 2.05) is 0 Å². The molecule has 0 aromatic carbocycles. The van der Waals surface area contributed by atoms with Crippen LogP contribution in [0.5, 0.6) is 0 Å². The smallest absolute Gasteiger partial charge is 0.132 e. The predicted molar refractivity (Wildman–Crippen MR) is 68.4 cm³/mol. The first kappa shape index (κ1) is 13.4. The molecule has 1 rings (SSSR count). The van der Waals surface area contributed by atoms with Crippen molar-refractivity contribution in [2.75, 3.05) is 20.6 Å². The van der Waals surface area contributed by atoms with E-state index in [2.05, 4.69) is 31.1 Å². The van der Waals surface area contributed by atoms with Gasteiger partial charge in [0.2, 0.25) is 0 Å². The highest BCUT2D eigenvalue weighted by Gasteiger charge is 2.25. The average molecular weight is 223 g/mol. The van der Waals surface area contributed by atoms with Crippen molar-refractivity contribution in [2.24, 2.45) is 11.8 Å². The number of hydrogen-bond acceptors (Lipinski definition) is 2. The standard InChI is InChI=1S/C14H25NO/c1-12(16)14-9-8-13(11-14)7-5-4-6-10-15(2)3/h5,7,13-14H,4,6,8-11H2,1-3H3/b7-5-/t13-,14-/m0/s1. The summed E-state index contributed by atoms with van der Waals surface area (Å²) in [6, 6.07) is 0. The molecule has 2 heteroatoms. The molecule has 0 radical (unpaired) electrons. The van der Waals surface area contributed by atoms with Crippen LogP contribution in [0.2, 0.25) is 0 Å². The van der Waals surface area contributed by atoms with E-state index < -0.39 is 0 Å². The quantitative estimate of drug-likeness (QED) is 0.510. The van der Waals surface area contributed by atoms with Crippen molar-refractivity contribution in [3.8, 4) is 0 Å². The lowest BCUT2D eigenvalue weighted by atomic mass is 10.0. The molecule has 2 nitrogen and oxygen atoms in total. The largest absolute Gasteiger partial charge is 0.309 e. The van der Waals surface area contributed by atoms with Gasteiger partial charge in [0.15, 0.2) is 0 Å². The lowest BCUT2D eigenvalue weighted by Gasteiger charge is -2.07. The Hall–Kier alpha value is -0.630. The van der Waals surface area contributed by atoms with Gasteiger partial charge in [0, 0.05) is 5.92 Å². The Kier molecular flexibility index (Phi) is 5.75. The van der Waals surface area contributed by atoms with Crippen molar-refractivity contribution in [3.63, 3.8) is 0 Å². The fraction of sp³-hybridized carbons (Fsp3) is 0.786. The Labute approximate surface area is 99.7 Å². The lowest BCUT2D eigenvalue weighted by molar-refractivity contribution is -0.120. The molecule has 1 aliphatic rings. The van der Waals surface area contributed by atoms with Gasteiger partial charge < -0.3 is 4.90 Å². The average Bonchev–Trinajstić information content (AvgIpc) is 2.65. The summed E-state index contributed by atoms with van der Waals surface area (Å²) in [4.78, 5) is 13.4. The SMILES string of the molecule is CC(=O)[C@H]1CC[C@H](/C=C\CCCN(C)C)C1. The second kappa shape index (κ2) is 6.85. The molecule has 16 heavy (non-hydrogen) atoms. The van der Waals surface area contributed by atoms with Crippen molar-refractivity contribution in [2.45, 2.75) is 39.0 Å². The normalized spacial score (nSPS) is 25.8. The molecule has 0 N–H and O–H groups in total. The Morgan fingerprint density at radius 3 is 2.69 bits per heavy atom. The van der Waals surface area contributed by atoms with Crippen LogP contribution >= 0.6 is 0 Å². The molecule has 92 valence electrons. The van der Waals surface area contributed by atoms with Crippen molar-refractivity contribution in [1.82, 2.24) is 4.90 Å². The molecule has 0 saturated heterocycles. The number of allylic oxidation sites excluding steroid dienone is 2. The molecule has 0 aliphatic heterocycles. The number of hydrogen-bond donors (Lipinski definition) is 0. The number of ketones is 1. The van der Waals surface area contributed by atoms with E-state index in [4.69, 9.17) is 0 Å². The van der Waals surface area contributed by atoms with Crippen molar-refractivity contribution in [3.05, 3.63) is 12.2 Å². The maximum Gasteiger partial charge on any atom is 0.132 e. The van der Waals surface area contributed by atoms with Crippen LogP contribution < -0.4 is 0 Å². The molecule has 0 aromatic rings. The van der Waals surface area contributed by atoms with Gasteiger partial charge in [-0.05, 0) is 65.6 Å². The number of carbonyl (C=O) groups excluding carboxylic acids is 1. The fourth-order valence-electron chi connectivity index (χ4n) is 2.37. The first-order chi connectivity index (χ1) is 7.59. The van der Waals surface area contributed by atoms with E-state index in [1.165, 1.54) is 19.3 Å². The summed E-state index contributed by atoms with van der Waals surface area (Å²) in [6.45, 7) is 2.89. The third kappa shape index (κ3) is 4.93. The highest BCUT2D eigenvalue weighted by molar-refractivity contribution is 5.78. The minimum Gasteiger partial charge on any atom is -0.309 e. The second-order valence-electron chi connectivity index (χ2n) is 5.25. The fourth-order valence-corrected chi connectivity index (χ4v) is 2.37. The molecule has 0 amide bonds. The molecule has 1 aliphatic carbocycles. The first-order valence-electron chi connectivity index (χ1n) is 6.41. The summed E-state index contributed by atoms with van der Waals surface area (Å²) in [5.41, 5.74) is 0. The van der Waals surface area contributed by atoms with Gasteiger partial charge in [-0.25, -0.2) is 0 Å². The zero-order valence-electron chi connectivity index (χ0n) is 10.9. The van der Waals surface area contributed by atoms with Gasteiger partial charge in [-0.15, -0.1) is 0 Å². The van der Waals surface area contributed by atoms with E-state index >= 15 is 0 Å². The molecule has 0 bridgehead atoms. The zero-order valence-corrected chi connectivity index (χ0v) is 10.9. The molecule has 0 spiro atoms. The highest BCUT2D eigenvalue weighted by atomic mass is 16.1. The molecule has 0 heterocycles. The minimum atomic E-state index is 0.344. The number of unbranched alkanes of at least 4 members (excludes halogenated alkanes) is 1. The number of Topliss-reactive ketones (excluding diaryl/α,β-unsaturated/α-hetero) is 1. The number of rotatable bonds is 6. The van der Waals surface area contributed by atoms with Gasteiger partial charge in [-0.2, -0.15) is 0 Å². The van der Waals surface area contributed by atoms with E-state index in [0.717, 1.165) is 19.4 Å². The lowest BCUT2D eigenvalue weighted by Crippen LogP contribution is -2.12. The molecular weight excluding hydrogens is 198 g/mol. The van der Waals surface area contributed by atoms with Gasteiger partial charge in [-0.3, -0.25) is 4.79 Å². The van der Waals surface area contributed by atoms with Crippen molar-refractivity contribution < 1.29 is 4.79 Å². The third-order valence-electron chi connectivity index (χ3n) is 3.43. The van der Waals surface area contributed by atoms with Crippen LogP contribution in [0.15, 0.2) is 12.2 Å². The molecule has 0 unspecified atom stereocenters. The summed E-state index contributed by atoms with van der Waals surface area (Å²) in [7, 11) is 4.22. The van der Waals surface area contributed by atoms with Crippen LogP contribution in [0.3, 0.4) is 0 Å². The van der Waals surface area contributed by atoms with Crippen LogP contribution in [0, 0.1) is 11.8 Å². The van der Waals surface area contributed by atoms with Gasteiger partial charge in [0.25, 0.3) is 0 Å². The first-order valence-corrected chi connectivity index (χ1v) is 6.41. The molecule has 1 saturated carbocycles. The third-order valence-corrected chi connectivity index (χ3v) is 3.43.